The number of nitrogens with zero attached hydrogens (tertiary/aromatic N) is 1. The maximum absolute atomic E-state index is 12.5. The van der Waals surface area contributed by atoms with Crippen LogP contribution in [0.1, 0.15) is 25.6 Å². The van der Waals surface area contributed by atoms with E-state index < -0.39 is 5.91 Å². The molecule has 0 aliphatic rings. The fourth-order valence-corrected chi connectivity index (χ4v) is 3.57. The Balaban J connectivity index is 1.79. The van der Waals surface area contributed by atoms with E-state index in [1.54, 1.807) is 30.5 Å². The first kappa shape index (κ1) is 16.2. The van der Waals surface area contributed by atoms with Gasteiger partial charge in [-0.1, -0.05) is 6.07 Å². The van der Waals surface area contributed by atoms with Crippen LogP contribution < -0.4 is 16.4 Å². The SMILES string of the molecule is Cc1cc(C(N)=O)c(NC(=O)c2cccc(Nc3nccs3)c2)s1. The third-order valence-corrected chi connectivity index (χ3v) is 4.81. The van der Waals surface area contributed by atoms with E-state index >= 15 is 0 Å². The van der Waals surface area contributed by atoms with Gasteiger partial charge >= 0.3 is 0 Å². The number of thiophene rings is 1. The molecule has 0 bridgehead atoms. The minimum atomic E-state index is -0.561. The van der Waals surface area contributed by atoms with Crippen LogP contribution in [0, 0.1) is 6.92 Å². The van der Waals surface area contributed by atoms with Crippen molar-refractivity contribution < 1.29 is 9.59 Å². The van der Waals surface area contributed by atoms with Gasteiger partial charge in [0.05, 0.1) is 5.56 Å². The van der Waals surface area contributed by atoms with Crippen LogP contribution in [0.5, 0.6) is 0 Å². The van der Waals surface area contributed by atoms with Crippen molar-refractivity contribution in [1.82, 2.24) is 4.98 Å². The van der Waals surface area contributed by atoms with Gasteiger partial charge in [0.15, 0.2) is 5.13 Å². The molecule has 6 nitrogen and oxygen atoms in total. The lowest BCUT2D eigenvalue weighted by molar-refractivity contribution is 0.100. The average molecular weight is 358 g/mol. The number of hydrogen-bond acceptors (Lipinski definition) is 6. The third-order valence-electron chi connectivity index (χ3n) is 3.16. The average Bonchev–Trinajstić information content (AvgIpc) is 3.17. The predicted octanol–water partition coefficient (Wildman–Crippen LogP) is 3.61. The van der Waals surface area contributed by atoms with E-state index in [1.165, 1.54) is 22.7 Å². The molecule has 2 aromatic heterocycles. The van der Waals surface area contributed by atoms with Crippen molar-refractivity contribution in [1.29, 1.82) is 0 Å². The van der Waals surface area contributed by atoms with Crippen molar-refractivity contribution in [3.63, 3.8) is 0 Å². The summed E-state index contributed by atoms with van der Waals surface area (Å²) < 4.78 is 0. The van der Waals surface area contributed by atoms with Gasteiger partial charge in [0, 0.05) is 27.7 Å². The molecule has 0 saturated carbocycles. The number of benzene rings is 1. The van der Waals surface area contributed by atoms with Gasteiger partial charge in [-0.2, -0.15) is 0 Å². The van der Waals surface area contributed by atoms with E-state index in [-0.39, 0.29) is 5.91 Å². The number of anilines is 3. The summed E-state index contributed by atoms with van der Waals surface area (Å²) in [5.74, 6) is -0.865. The van der Waals surface area contributed by atoms with Crippen LogP contribution in [0.25, 0.3) is 0 Å². The molecule has 3 aromatic rings. The lowest BCUT2D eigenvalue weighted by atomic mass is 10.2. The summed E-state index contributed by atoms with van der Waals surface area (Å²) in [5, 5.41) is 8.96. The summed E-state index contributed by atoms with van der Waals surface area (Å²) in [6, 6.07) is 8.72. The molecule has 0 saturated heterocycles. The molecule has 2 heterocycles. The Morgan fingerprint density at radius 1 is 1.25 bits per heavy atom. The van der Waals surface area contributed by atoms with Gasteiger partial charge in [-0.25, -0.2) is 4.98 Å². The lowest BCUT2D eigenvalue weighted by Crippen LogP contribution is -2.16. The molecule has 0 fully saturated rings. The van der Waals surface area contributed by atoms with Gasteiger partial charge in [-0.3, -0.25) is 9.59 Å². The van der Waals surface area contributed by atoms with Gasteiger partial charge < -0.3 is 16.4 Å². The number of nitrogens with two attached hydrogens (primary N) is 1. The minimum absolute atomic E-state index is 0.304. The number of thiazole rings is 1. The summed E-state index contributed by atoms with van der Waals surface area (Å²) in [6.45, 7) is 1.85. The molecule has 0 atom stereocenters. The highest BCUT2D eigenvalue weighted by Crippen LogP contribution is 2.28. The fraction of sp³-hybridized carbons (Fsp3) is 0.0625. The Morgan fingerprint density at radius 3 is 2.79 bits per heavy atom. The van der Waals surface area contributed by atoms with Crippen molar-refractivity contribution in [2.24, 2.45) is 5.73 Å². The van der Waals surface area contributed by atoms with Crippen LogP contribution >= 0.6 is 22.7 Å². The molecule has 1 aromatic carbocycles. The molecular weight excluding hydrogens is 344 g/mol. The van der Waals surface area contributed by atoms with Crippen molar-refractivity contribution in [3.05, 3.63) is 57.9 Å². The quantitative estimate of drug-likeness (QED) is 0.649. The molecule has 3 rings (SSSR count). The number of carbonyl (C=O) groups is 2. The Hall–Kier alpha value is -2.71. The van der Waals surface area contributed by atoms with Crippen molar-refractivity contribution in [3.8, 4) is 0 Å². The largest absolute Gasteiger partial charge is 0.366 e. The number of hydrogen-bond donors (Lipinski definition) is 3. The highest BCUT2D eigenvalue weighted by atomic mass is 32.1. The standard InChI is InChI=1S/C16H14N4O2S2/c1-9-7-12(13(17)21)15(24-9)20-14(22)10-3-2-4-11(8-10)19-16-18-5-6-23-16/h2-8H,1H3,(H2,17,21)(H,18,19)(H,20,22). The van der Waals surface area contributed by atoms with E-state index in [0.717, 1.165) is 15.7 Å². The Morgan fingerprint density at radius 2 is 2.08 bits per heavy atom. The highest BCUT2D eigenvalue weighted by Gasteiger charge is 2.15. The second-order valence-corrected chi connectivity index (χ2v) is 7.11. The molecule has 8 heteroatoms. The zero-order valence-corrected chi connectivity index (χ0v) is 14.3. The molecule has 0 spiro atoms. The summed E-state index contributed by atoms with van der Waals surface area (Å²) in [6.07, 6.45) is 1.70. The number of aryl methyl sites for hydroxylation is 1. The van der Waals surface area contributed by atoms with Gasteiger partial charge in [-0.05, 0) is 31.2 Å². The fourth-order valence-electron chi connectivity index (χ4n) is 2.11. The second-order valence-electron chi connectivity index (χ2n) is 4.96. The van der Waals surface area contributed by atoms with Crippen LogP contribution in [0.4, 0.5) is 15.8 Å². The summed E-state index contributed by atoms with van der Waals surface area (Å²) >= 11 is 2.79. The topological polar surface area (TPSA) is 97.1 Å². The molecule has 0 radical (unpaired) electrons. The Kier molecular flexibility index (Phi) is 4.59. The maximum Gasteiger partial charge on any atom is 0.256 e. The van der Waals surface area contributed by atoms with Crippen LogP contribution in [0.2, 0.25) is 0 Å². The van der Waals surface area contributed by atoms with Crippen LogP contribution in [0.15, 0.2) is 41.9 Å². The molecule has 2 amide bonds. The molecule has 4 N–H and O–H groups in total. The first-order chi connectivity index (χ1) is 11.5. The number of nitrogens with one attached hydrogen (secondary N) is 2. The van der Waals surface area contributed by atoms with Gasteiger partial charge in [0.1, 0.15) is 5.00 Å². The normalized spacial score (nSPS) is 10.4. The molecule has 122 valence electrons. The number of carbonyl (C=O) groups excluding carboxylic acids is 2. The highest BCUT2D eigenvalue weighted by molar-refractivity contribution is 7.16. The van der Waals surface area contributed by atoms with Gasteiger partial charge in [0.25, 0.3) is 11.8 Å². The molecular formula is C16H14N4O2S2. The van der Waals surface area contributed by atoms with E-state index in [2.05, 4.69) is 15.6 Å². The van der Waals surface area contributed by atoms with Crippen LogP contribution in [0.3, 0.4) is 0 Å². The van der Waals surface area contributed by atoms with Crippen molar-refractivity contribution in [2.75, 3.05) is 10.6 Å². The summed E-state index contributed by atoms with van der Waals surface area (Å²) in [4.78, 5) is 28.9. The van der Waals surface area contributed by atoms with E-state index in [9.17, 15) is 9.59 Å². The van der Waals surface area contributed by atoms with E-state index in [1.807, 2.05) is 18.4 Å². The Bertz CT molecular complexity index is 887. The first-order valence-electron chi connectivity index (χ1n) is 7.01. The van der Waals surface area contributed by atoms with Crippen molar-refractivity contribution >= 4 is 50.3 Å². The van der Waals surface area contributed by atoms with Crippen LogP contribution in [-0.2, 0) is 0 Å². The molecule has 0 aliphatic carbocycles. The van der Waals surface area contributed by atoms with E-state index in [4.69, 9.17) is 5.73 Å². The predicted molar refractivity (Wildman–Crippen MR) is 97.4 cm³/mol. The minimum Gasteiger partial charge on any atom is -0.366 e. The van der Waals surface area contributed by atoms with Gasteiger partial charge in [0.2, 0.25) is 0 Å². The maximum atomic E-state index is 12.5. The first-order valence-corrected chi connectivity index (χ1v) is 8.71. The lowest BCUT2D eigenvalue weighted by Gasteiger charge is -2.07. The summed E-state index contributed by atoms with van der Waals surface area (Å²) in [5.41, 5.74) is 6.89. The second kappa shape index (κ2) is 6.81. The zero-order valence-electron chi connectivity index (χ0n) is 12.7. The third kappa shape index (κ3) is 3.61. The zero-order chi connectivity index (χ0) is 17.1. The van der Waals surface area contributed by atoms with E-state index in [0.29, 0.717) is 16.1 Å². The molecule has 24 heavy (non-hydrogen) atoms. The molecule has 0 aliphatic heterocycles. The Labute approximate surface area is 146 Å². The molecule has 0 unspecified atom stereocenters. The number of aromatic nitrogens is 1. The number of primary amides is 1. The van der Waals surface area contributed by atoms with Gasteiger partial charge in [-0.15, -0.1) is 22.7 Å². The van der Waals surface area contributed by atoms with Crippen molar-refractivity contribution in [2.45, 2.75) is 6.92 Å². The monoisotopic (exact) mass is 358 g/mol. The smallest absolute Gasteiger partial charge is 0.256 e. The van der Waals surface area contributed by atoms with Crippen LogP contribution in [-0.4, -0.2) is 16.8 Å². The summed E-state index contributed by atoms with van der Waals surface area (Å²) in [7, 11) is 0. The number of amides is 2. The number of rotatable bonds is 5.